The Labute approximate surface area is 159 Å². The first-order valence-electron chi connectivity index (χ1n) is 8.55. The van der Waals surface area contributed by atoms with Crippen molar-refractivity contribution >= 4 is 28.4 Å². The molecule has 0 atom stereocenters. The number of nitrogens with zero attached hydrogens (tertiary/aromatic N) is 3. The molecule has 4 aromatic rings. The number of benzene rings is 1. The lowest BCUT2D eigenvalue weighted by molar-refractivity contribution is -0.649. The third kappa shape index (κ3) is 2.81. The monoisotopic (exact) mass is 376 g/mol. The van der Waals surface area contributed by atoms with Gasteiger partial charge in [-0.25, -0.2) is 4.57 Å². The van der Waals surface area contributed by atoms with Gasteiger partial charge in [0.25, 0.3) is 17.1 Å². The van der Waals surface area contributed by atoms with Gasteiger partial charge in [0.1, 0.15) is 16.7 Å². The van der Waals surface area contributed by atoms with E-state index in [1.165, 1.54) is 10.5 Å². The second-order valence-electron chi connectivity index (χ2n) is 6.32. The van der Waals surface area contributed by atoms with Crippen LogP contribution in [0.4, 0.5) is 5.82 Å². The van der Waals surface area contributed by atoms with Crippen molar-refractivity contribution in [2.45, 2.75) is 6.54 Å². The smallest absolute Gasteiger partial charge is 0.278 e. The molecular formula is C20H18N5O3+. The van der Waals surface area contributed by atoms with Crippen molar-refractivity contribution in [3.8, 4) is 5.75 Å². The minimum absolute atomic E-state index is 0.0794. The molecule has 4 rings (SSSR count). The summed E-state index contributed by atoms with van der Waals surface area (Å²) in [6.45, 7) is 0.308. The average Bonchev–Trinajstić information content (AvgIpc) is 2.70. The first kappa shape index (κ1) is 17.5. The number of hydrogen-bond donors (Lipinski definition) is 2. The number of pyridine rings is 2. The molecule has 8 nitrogen and oxygen atoms in total. The quantitative estimate of drug-likeness (QED) is 0.405. The van der Waals surface area contributed by atoms with Gasteiger partial charge in [0.2, 0.25) is 11.5 Å². The van der Waals surface area contributed by atoms with E-state index in [1.54, 1.807) is 36.1 Å². The number of carbonyl (C=O) groups excluding carboxylic acids is 1. The Bertz CT molecular complexity index is 1280. The van der Waals surface area contributed by atoms with E-state index in [9.17, 15) is 9.59 Å². The number of carbonyl (C=O) groups is 1. The van der Waals surface area contributed by atoms with Crippen LogP contribution in [0.5, 0.6) is 5.75 Å². The molecule has 28 heavy (non-hydrogen) atoms. The zero-order chi connectivity index (χ0) is 19.8. The Kier molecular flexibility index (Phi) is 4.15. The van der Waals surface area contributed by atoms with Crippen LogP contribution in [-0.2, 0) is 6.54 Å². The molecule has 0 aliphatic rings. The van der Waals surface area contributed by atoms with E-state index in [-0.39, 0.29) is 22.3 Å². The fourth-order valence-corrected chi connectivity index (χ4v) is 3.17. The molecule has 140 valence electrons. The van der Waals surface area contributed by atoms with Gasteiger partial charge in [0.15, 0.2) is 0 Å². The molecule has 8 heteroatoms. The summed E-state index contributed by atoms with van der Waals surface area (Å²) in [5, 5.41) is 0.264. The highest BCUT2D eigenvalue weighted by molar-refractivity contribution is 5.99. The molecule has 3 heterocycles. The second kappa shape index (κ2) is 6.66. The Morgan fingerprint density at radius 2 is 1.96 bits per heavy atom. The molecule has 0 saturated carbocycles. The molecular weight excluding hydrogens is 358 g/mol. The lowest BCUT2D eigenvalue weighted by Crippen LogP contribution is -2.42. The van der Waals surface area contributed by atoms with Crippen LogP contribution in [0.3, 0.4) is 0 Å². The van der Waals surface area contributed by atoms with Crippen LogP contribution in [0.25, 0.3) is 16.7 Å². The molecule has 0 unspecified atom stereocenters. The SMILES string of the molecule is COc1ccc(C[n+]2c(N)c(C(N)=O)cc3c(=O)n4ccccc4nc32)cc1. The first-order valence-corrected chi connectivity index (χ1v) is 8.55. The highest BCUT2D eigenvalue weighted by atomic mass is 16.5. The molecule has 3 aromatic heterocycles. The van der Waals surface area contributed by atoms with Crippen LogP contribution in [0, 0.1) is 0 Å². The molecule has 1 amide bonds. The van der Waals surface area contributed by atoms with Crippen LogP contribution in [0.1, 0.15) is 15.9 Å². The van der Waals surface area contributed by atoms with Gasteiger partial charge in [-0.05, 0) is 35.9 Å². The van der Waals surface area contributed by atoms with Crippen LogP contribution in [0.2, 0.25) is 0 Å². The number of primary amides is 1. The van der Waals surface area contributed by atoms with Crippen molar-refractivity contribution in [2.24, 2.45) is 5.73 Å². The van der Waals surface area contributed by atoms with Gasteiger partial charge in [0, 0.05) is 6.20 Å². The molecule has 4 N–H and O–H groups in total. The summed E-state index contributed by atoms with van der Waals surface area (Å²) in [6.07, 6.45) is 1.62. The summed E-state index contributed by atoms with van der Waals surface area (Å²) >= 11 is 0. The third-order valence-corrected chi connectivity index (χ3v) is 4.63. The zero-order valence-corrected chi connectivity index (χ0v) is 15.1. The maximum absolute atomic E-state index is 13.0. The standard InChI is InChI=1S/C20H17N5O3/c1-28-13-7-5-12(6-8-13)11-25-17(21)14(18(22)26)10-15-19(25)23-16-4-2-3-9-24(16)20(15)27/h2-10,21H,11H2,1H3,(H2,22,26)/p+1. The number of fused-ring (bicyclic) bond motifs is 2. The minimum Gasteiger partial charge on any atom is -0.497 e. The van der Waals surface area contributed by atoms with Gasteiger partial charge < -0.3 is 16.2 Å². The Hall–Kier alpha value is -3.94. The Morgan fingerprint density at radius 3 is 2.64 bits per heavy atom. The van der Waals surface area contributed by atoms with Crippen molar-refractivity contribution in [1.29, 1.82) is 0 Å². The van der Waals surface area contributed by atoms with Gasteiger partial charge >= 0.3 is 0 Å². The predicted octanol–water partition coefficient (Wildman–Crippen LogP) is 0.873. The first-order chi connectivity index (χ1) is 13.5. The average molecular weight is 376 g/mol. The number of methoxy groups -OCH3 is 1. The van der Waals surface area contributed by atoms with Gasteiger partial charge in [0.05, 0.1) is 13.7 Å². The van der Waals surface area contributed by atoms with E-state index in [0.29, 0.717) is 17.8 Å². The summed E-state index contributed by atoms with van der Waals surface area (Å²) in [4.78, 5) is 29.5. The molecule has 0 aliphatic carbocycles. The van der Waals surface area contributed by atoms with Crippen LogP contribution in [-0.4, -0.2) is 22.4 Å². The van der Waals surface area contributed by atoms with Crippen LogP contribution in [0.15, 0.2) is 59.5 Å². The molecule has 0 bridgehead atoms. The summed E-state index contributed by atoms with van der Waals surface area (Å²) in [5.74, 6) is 0.170. The highest BCUT2D eigenvalue weighted by Gasteiger charge is 2.23. The predicted molar refractivity (Wildman–Crippen MR) is 104 cm³/mol. The Morgan fingerprint density at radius 1 is 1.21 bits per heavy atom. The molecule has 0 radical (unpaired) electrons. The van der Waals surface area contributed by atoms with Gasteiger partial charge in [-0.1, -0.05) is 23.2 Å². The summed E-state index contributed by atoms with van der Waals surface area (Å²) in [7, 11) is 1.59. The zero-order valence-electron chi connectivity index (χ0n) is 15.1. The number of amides is 1. The number of hydrogen-bond acceptors (Lipinski definition) is 5. The van der Waals surface area contributed by atoms with E-state index < -0.39 is 5.91 Å². The van der Waals surface area contributed by atoms with E-state index in [0.717, 1.165) is 11.3 Å². The number of nitrogen functional groups attached to an aromatic ring is 1. The number of anilines is 1. The lowest BCUT2D eigenvalue weighted by Gasteiger charge is -2.11. The number of aromatic nitrogens is 3. The number of rotatable bonds is 4. The topological polar surface area (TPSA) is 117 Å². The maximum Gasteiger partial charge on any atom is 0.278 e. The second-order valence-corrected chi connectivity index (χ2v) is 6.32. The fourth-order valence-electron chi connectivity index (χ4n) is 3.17. The van der Waals surface area contributed by atoms with E-state index >= 15 is 0 Å². The third-order valence-electron chi connectivity index (χ3n) is 4.63. The molecule has 0 fully saturated rings. The van der Waals surface area contributed by atoms with Gasteiger partial charge in [-0.2, -0.15) is 0 Å². The number of ether oxygens (including phenoxy) is 1. The normalized spacial score (nSPS) is 11.0. The maximum atomic E-state index is 13.0. The molecule has 1 aromatic carbocycles. The van der Waals surface area contributed by atoms with Crippen molar-refractivity contribution in [3.63, 3.8) is 0 Å². The number of nitrogens with two attached hydrogens (primary N) is 2. The molecule has 0 saturated heterocycles. The van der Waals surface area contributed by atoms with Crippen molar-refractivity contribution < 1.29 is 14.1 Å². The van der Waals surface area contributed by atoms with E-state index in [2.05, 4.69) is 4.98 Å². The van der Waals surface area contributed by atoms with Crippen molar-refractivity contribution in [1.82, 2.24) is 9.38 Å². The largest absolute Gasteiger partial charge is 0.497 e. The van der Waals surface area contributed by atoms with Gasteiger partial charge in [-0.15, -0.1) is 0 Å². The van der Waals surface area contributed by atoms with Crippen molar-refractivity contribution in [3.05, 3.63) is 76.2 Å². The minimum atomic E-state index is -0.708. The van der Waals surface area contributed by atoms with Crippen LogP contribution < -0.4 is 26.3 Å². The molecule has 0 aliphatic heterocycles. The highest BCUT2D eigenvalue weighted by Crippen LogP contribution is 2.16. The summed E-state index contributed by atoms with van der Waals surface area (Å²) in [5.41, 5.74) is 13.3. The summed E-state index contributed by atoms with van der Waals surface area (Å²) in [6, 6.07) is 14.1. The fraction of sp³-hybridized carbons (Fsp3) is 0.100. The Balaban J connectivity index is 2.02. The van der Waals surface area contributed by atoms with Crippen molar-refractivity contribution in [2.75, 3.05) is 12.8 Å². The molecule has 0 spiro atoms. The van der Waals surface area contributed by atoms with Crippen LogP contribution >= 0.6 is 0 Å². The van der Waals surface area contributed by atoms with Gasteiger partial charge in [-0.3, -0.25) is 14.0 Å². The lowest BCUT2D eigenvalue weighted by atomic mass is 10.1. The van der Waals surface area contributed by atoms with E-state index in [4.69, 9.17) is 16.2 Å². The van der Waals surface area contributed by atoms with E-state index in [1.807, 2.05) is 24.3 Å². The summed E-state index contributed by atoms with van der Waals surface area (Å²) < 4.78 is 8.23.